The number of carboxylic acids is 1. The van der Waals surface area contributed by atoms with E-state index in [4.69, 9.17) is 14.6 Å². The lowest BCUT2D eigenvalue weighted by molar-refractivity contribution is -0.192. The summed E-state index contributed by atoms with van der Waals surface area (Å²) in [5.74, 6) is -1.63. The molecule has 0 spiro atoms. The number of imidazole rings is 1. The first-order valence-corrected chi connectivity index (χ1v) is 9.57. The number of carbonyl (C=O) groups excluding carboxylic acids is 1. The largest absolute Gasteiger partial charge is 0.496 e. The van der Waals surface area contributed by atoms with Gasteiger partial charge in [-0.1, -0.05) is 6.07 Å². The van der Waals surface area contributed by atoms with Gasteiger partial charge in [0.15, 0.2) is 0 Å². The smallest absolute Gasteiger partial charge is 0.490 e. The van der Waals surface area contributed by atoms with E-state index in [1.807, 2.05) is 37.3 Å². The second-order valence-electron chi connectivity index (χ2n) is 7.06. The van der Waals surface area contributed by atoms with Crippen molar-refractivity contribution in [2.24, 2.45) is 0 Å². The first-order valence-electron chi connectivity index (χ1n) is 9.57. The number of nitrogens with one attached hydrogen (secondary N) is 3. The molecule has 170 valence electrons. The van der Waals surface area contributed by atoms with Gasteiger partial charge in [-0.15, -0.1) is 0 Å². The average molecular weight is 450 g/mol. The lowest BCUT2D eigenvalue weighted by Crippen LogP contribution is -2.27. The highest BCUT2D eigenvalue weighted by atomic mass is 19.4. The van der Waals surface area contributed by atoms with Gasteiger partial charge in [-0.2, -0.15) is 13.2 Å². The van der Waals surface area contributed by atoms with Crippen molar-refractivity contribution in [3.8, 4) is 5.75 Å². The van der Waals surface area contributed by atoms with Gasteiger partial charge < -0.3 is 20.1 Å². The summed E-state index contributed by atoms with van der Waals surface area (Å²) in [7, 11) is 1.65. The Labute approximate surface area is 180 Å². The molecule has 0 bridgehead atoms. The van der Waals surface area contributed by atoms with Crippen molar-refractivity contribution >= 4 is 28.9 Å². The number of benzene rings is 2. The number of H-pyrrole nitrogens is 1. The molecule has 11 heteroatoms. The number of aryl methyl sites for hydroxylation is 1. The van der Waals surface area contributed by atoms with Crippen LogP contribution >= 0.6 is 0 Å². The summed E-state index contributed by atoms with van der Waals surface area (Å²) >= 11 is 0. The Hall–Kier alpha value is -3.60. The van der Waals surface area contributed by atoms with E-state index in [2.05, 4.69) is 20.6 Å². The molecule has 2 aromatic carbocycles. The Morgan fingerprint density at radius 3 is 2.56 bits per heavy atom. The van der Waals surface area contributed by atoms with Crippen LogP contribution < -0.4 is 15.4 Å². The highest BCUT2D eigenvalue weighted by Gasteiger charge is 2.38. The molecule has 0 radical (unpaired) electrons. The molecule has 4 rings (SSSR count). The molecular weight excluding hydrogens is 429 g/mol. The summed E-state index contributed by atoms with van der Waals surface area (Å²) < 4.78 is 37.2. The molecule has 1 aliphatic rings. The monoisotopic (exact) mass is 450 g/mol. The van der Waals surface area contributed by atoms with Crippen LogP contribution in [0.25, 0.3) is 11.0 Å². The molecule has 4 N–H and O–H groups in total. The van der Waals surface area contributed by atoms with Crippen molar-refractivity contribution in [3.63, 3.8) is 0 Å². The number of halogens is 3. The van der Waals surface area contributed by atoms with Crippen LogP contribution in [0.1, 0.15) is 27.0 Å². The maximum absolute atomic E-state index is 12.8. The number of methoxy groups -OCH3 is 1. The second kappa shape index (κ2) is 9.27. The van der Waals surface area contributed by atoms with Crippen LogP contribution in [0.3, 0.4) is 0 Å². The highest BCUT2D eigenvalue weighted by Crippen LogP contribution is 2.28. The maximum atomic E-state index is 12.8. The highest BCUT2D eigenvalue weighted by molar-refractivity contribution is 6.05. The van der Waals surface area contributed by atoms with Crippen molar-refractivity contribution in [1.82, 2.24) is 15.3 Å². The number of carboxylic acid groups (broad SMARTS) is 1. The van der Waals surface area contributed by atoms with Gasteiger partial charge in [-0.05, 0) is 55.3 Å². The van der Waals surface area contributed by atoms with Gasteiger partial charge in [0, 0.05) is 17.7 Å². The quantitative estimate of drug-likeness (QED) is 0.486. The number of aromatic nitrogens is 2. The third kappa shape index (κ3) is 5.17. The van der Waals surface area contributed by atoms with Crippen LogP contribution in [0.2, 0.25) is 0 Å². The first-order chi connectivity index (χ1) is 15.1. The third-order valence-corrected chi connectivity index (χ3v) is 4.82. The summed E-state index contributed by atoms with van der Waals surface area (Å²) in [6, 6.07) is 9.63. The van der Waals surface area contributed by atoms with Crippen molar-refractivity contribution in [1.29, 1.82) is 0 Å². The van der Waals surface area contributed by atoms with Crippen LogP contribution in [0, 0.1) is 6.92 Å². The number of rotatable bonds is 3. The predicted octanol–water partition coefficient (Wildman–Crippen LogP) is 3.41. The molecule has 32 heavy (non-hydrogen) atoms. The molecule has 0 atom stereocenters. The lowest BCUT2D eigenvalue weighted by atomic mass is 9.94. The Balaban J connectivity index is 0.000000360. The normalized spacial score (nSPS) is 13.0. The van der Waals surface area contributed by atoms with Crippen molar-refractivity contribution in [2.75, 3.05) is 19.0 Å². The zero-order valence-corrected chi connectivity index (χ0v) is 17.3. The SMILES string of the molecule is COc1ccc(C(=O)Nc2nc3ccc(C)cc3[nH]2)c2c1CNCC2.O=C(O)C(F)(F)F. The minimum atomic E-state index is -5.08. The molecule has 0 aliphatic carbocycles. The van der Waals surface area contributed by atoms with Gasteiger partial charge in [0.2, 0.25) is 5.95 Å². The third-order valence-electron chi connectivity index (χ3n) is 4.82. The van der Waals surface area contributed by atoms with Crippen molar-refractivity contribution in [3.05, 3.63) is 52.6 Å². The number of aromatic amines is 1. The predicted molar refractivity (Wildman–Crippen MR) is 111 cm³/mol. The molecule has 0 fully saturated rings. The molecule has 0 saturated heterocycles. The van der Waals surface area contributed by atoms with E-state index in [1.54, 1.807) is 7.11 Å². The van der Waals surface area contributed by atoms with E-state index < -0.39 is 12.1 Å². The average Bonchev–Trinajstić information content (AvgIpc) is 3.13. The van der Waals surface area contributed by atoms with Crippen LogP contribution in [0.15, 0.2) is 30.3 Å². The van der Waals surface area contributed by atoms with Gasteiger partial charge in [-0.3, -0.25) is 10.1 Å². The first kappa shape index (κ1) is 23.1. The number of hydrogen-bond donors (Lipinski definition) is 4. The summed E-state index contributed by atoms with van der Waals surface area (Å²) in [5, 5.41) is 13.3. The Bertz CT molecular complexity index is 1160. The number of fused-ring (bicyclic) bond motifs is 2. The number of nitrogens with zero attached hydrogens (tertiary/aromatic N) is 1. The molecule has 1 amide bonds. The molecule has 1 aromatic heterocycles. The summed E-state index contributed by atoms with van der Waals surface area (Å²) in [4.78, 5) is 29.3. The van der Waals surface area contributed by atoms with Gasteiger partial charge in [-0.25, -0.2) is 9.78 Å². The Morgan fingerprint density at radius 2 is 1.91 bits per heavy atom. The standard InChI is InChI=1S/C19H20N4O2.C2HF3O2/c1-11-3-5-15-16(9-11)22-19(21-15)23-18(24)13-4-6-17(25-2)14-10-20-8-7-12(13)14;3-2(4,5)1(6)7/h3-6,9,20H,7-8,10H2,1-2H3,(H2,21,22,23,24);(H,6,7). The topological polar surface area (TPSA) is 116 Å². The molecule has 3 aromatic rings. The second-order valence-corrected chi connectivity index (χ2v) is 7.06. The fraction of sp³-hybridized carbons (Fsp3) is 0.286. The lowest BCUT2D eigenvalue weighted by Gasteiger charge is -2.22. The van der Waals surface area contributed by atoms with Crippen molar-refractivity contribution in [2.45, 2.75) is 26.1 Å². The number of hydrogen-bond acceptors (Lipinski definition) is 5. The molecule has 1 aliphatic heterocycles. The van der Waals surface area contributed by atoms with E-state index >= 15 is 0 Å². The van der Waals surface area contributed by atoms with Crippen LogP contribution in [-0.4, -0.2) is 46.8 Å². The maximum Gasteiger partial charge on any atom is 0.490 e. The minimum Gasteiger partial charge on any atom is -0.496 e. The van der Waals surface area contributed by atoms with Gasteiger partial charge in [0.25, 0.3) is 5.91 Å². The van der Waals surface area contributed by atoms with E-state index in [0.717, 1.165) is 46.4 Å². The number of amides is 1. The minimum absolute atomic E-state index is 0.156. The van der Waals surface area contributed by atoms with Crippen LogP contribution in [-0.2, 0) is 17.8 Å². The summed E-state index contributed by atoms with van der Waals surface area (Å²) in [5.41, 5.74) is 5.67. The van der Waals surface area contributed by atoms with E-state index in [1.165, 1.54) is 0 Å². The molecule has 8 nitrogen and oxygen atoms in total. The number of ether oxygens (including phenoxy) is 1. The summed E-state index contributed by atoms with van der Waals surface area (Å²) in [6.07, 6.45) is -4.28. The molecule has 0 saturated carbocycles. The number of aliphatic carboxylic acids is 1. The Morgan fingerprint density at radius 1 is 1.19 bits per heavy atom. The number of anilines is 1. The van der Waals surface area contributed by atoms with Crippen LogP contribution in [0.4, 0.5) is 19.1 Å². The summed E-state index contributed by atoms with van der Waals surface area (Å²) in [6.45, 7) is 3.59. The van der Waals surface area contributed by atoms with Gasteiger partial charge >= 0.3 is 12.1 Å². The van der Waals surface area contributed by atoms with Crippen molar-refractivity contribution < 1.29 is 32.6 Å². The molecule has 0 unspecified atom stereocenters. The van der Waals surface area contributed by atoms with E-state index in [0.29, 0.717) is 18.1 Å². The fourth-order valence-corrected chi connectivity index (χ4v) is 3.34. The van der Waals surface area contributed by atoms with Crippen LogP contribution in [0.5, 0.6) is 5.75 Å². The Kier molecular flexibility index (Phi) is 6.68. The van der Waals surface area contributed by atoms with Gasteiger partial charge in [0.05, 0.1) is 18.1 Å². The van der Waals surface area contributed by atoms with E-state index in [-0.39, 0.29) is 5.91 Å². The molecule has 2 heterocycles. The fourth-order valence-electron chi connectivity index (χ4n) is 3.34. The number of carbonyl (C=O) groups is 2. The van der Waals surface area contributed by atoms with Gasteiger partial charge in [0.1, 0.15) is 5.75 Å². The zero-order valence-electron chi connectivity index (χ0n) is 17.3. The molecular formula is C21H21F3N4O4. The zero-order chi connectivity index (χ0) is 23.5. The number of alkyl halides is 3. The van der Waals surface area contributed by atoms with E-state index in [9.17, 15) is 18.0 Å².